The van der Waals surface area contributed by atoms with Crippen LogP contribution in [0.15, 0.2) is 28.6 Å². The Morgan fingerprint density at radius 1 is 1.40 bits per heavy atom. The average molecular weight is 308 g/mol. The molecule has 0 aliphatic carbocycles. The Bertz CT molecular complexity index is 533. The minimum atomic E-state index is 0.156. The van der Waals surface area contributed by atoms with Crippen molar-refractivity contribution in [1.82, 2.24) is 10.3 Å². The van der Waals surface area contributed by atoms with Crippen LogP contribution in [0.5, 0.6) is 0 Å². The highest BCUT2D eigenvalue weighted by Crippen LogP contribution is 2.29. The fourth-order valence-corrected chi connectivity index (χ4v) is 3.79. The first kappa shape index (κ1) is 15.3. The molecule has 1 aromatic carbocycles. The molecule has 0 aliphatic heterocycles. The Morgan fingerprint density at radius 2 is 2.20 bits per heavy atom. The van der Waals surface area contributed by atoms with Crippen molar-refractivity contribution < 1.29 is 4.79 Å². The number of thiazole rings is 1. The summed E-state index contributed by atoms with van der Waals surface area (Å²) in [6, 6.07) is 8.18. The first-order valence-electron chi connectivity index (χ1n) is 6.90. The highest BCUT2D eigenvalue weighted by molar-refractivity contribution is 8.01. The van der Waals surface area contributed by atoms with E-state index in [-0.39, 0.29) is 5.91 Å². The lowest BCUT2D eigenvalue weighted by Crippen LogP contribution is -2.27. The van der Waals surface area contributed by atoms with E-state index in [2.05, 4.69) is 30.2 Å². The smallest absolute Gasteiger partial charge is 0.220 e. The molecule has 0 saturated carbocycles. The number of nitrogens with zero attached hydrogens (tertiary/aromatic N) is 1. The molecule has 1 heterocycles. The number of para-hydroxylation sites is 1. The number of carbonyl (C=O) groups excluding carboxylic acids is 1. The van der Waals surface area contributed by atoms with E-state index in [9.17, 15) is 4.79 Å². The van der Waals surface area contributed by atoms with Crippen LogP contribution in [-0.4, -0.2) is 23.2 Å². The van der Waals surface area contributed by atoms with E-state index in [4.69, 9.17) is 0 Å². The van der Waals surface area contributed by atoms with Crippen molar-refractivity contribution in [1.29, 1.82) is 0 Å². The van der Waals surface area contributed by atoms with Crippen molar-refractivity contribution in [3.05, 3.63) is 24.3 Å². The minimum Gasteiger partial charge on any atom is -0.356 e. The van der Waals surface area contributed by atoms with Gasteiger partial charge < -0.3 is 5.32 Å². The van der Waals surface area contributed by atoms with Crippen molar-refractivity contribution in [3.8, 4) is 0 Å². The van der Waals surface area contributed by atoms with Crippen molar-refractivity contribution in [2.24, 2.45) is 5.92 Å². The largest absolute Gasteiger partial charge is 0.356 e. The lowest BCUT2D eigenvalue weighted by Gasteiger charge is -2.06. The van der Waals surface area contributed by atoms with E-state index in [1.54, 1.807) is 23.1 Å². The van der Waals surface area contributed by atoms with Gasteiger partial charge >= 0.3 is 0 Å². The van der Waals surface area contributed by atoms with Gasteiger partial charge in [-0.25, -0.2) is 4.98 Å². The fraction of sp³-hybridized carbons (Fsp3) is 0.467. The zero-order chi connectivity index (χ0) is 14.4. The van der Waals surface area contributed by atoms with Crippen molar-refractivity contribution in [2.45, 2.75) is 31.0 Å². The number of benzene rings is 1. The van der Waals surface area contributed by atoms with Gasteiger partial charge in [0.2, 0.25) is 5.91 Å². The van der Waals surface area contributed by atoms with E-state index >= 15 is 0 Å². The minimum absolute atomic E-state index is 0.156. The summed E-state index contributed by atoms with van der Waals surface area (Å²) >= 11 is 3.46. The molecule has 2 aromatic rings. The molecule has 3 nitrogen and oxygen atoms in total. The summed E-state index contributed by atoms with van der Waals surface area (Å²) in [5.74, 6) is 1.61. The molecular weight excluding hydrogens is 288 g/mol. The second kappa shape index (κ2) is 7.64. The molecule has 20 heavy (non-hydrogen) atoms. The van der Waals surface area contributed by atoms with Crippen LogP contribution in [0.2, 0.25) is 0 Å². The molecule has 1 aromatic heterocycles. The predicted molar refractivity (Wildman–Crippen MR) is 87.4 cm³/mol. The molecule has 0 spiro atoms. The summed E-state index contributed by atoms with van der Waals surface area (Å²) in [5, 5.41) is 2.94. The average Bonchev–Trinajstić information content (AvgIpc) is 2.84. The number of carbonyl (C=O) groups is 1. The summed E-state index contributed by atoms with van der Waals surface area (Å²) in [5.41, 5.74) is 1.06. The third-order valence-corrected chi connectivity index (χ3v) is 5.02. The molecule has 108 valence electrons. The standard InChI is InChI=1S/C15H20N2OS2/c1-11(2)10-16-14(18)8-5-9-19-15-17-12-6-3-4-7-13(12)20-15/h3-4,6-7,11H,5,8-10H2,1-2H3,(H,16,18). The summed E-state index contributed by atoms with van der Waals surface area (Å²) in [7, 11) is 0. The quantitative estimate of drug-likeness (QED) is 0.622. The van der Waals surface area contributed by atoms with E-state index in [1.807, 2.05) is 18.2 Å². The fourth-order valence-electron chi connectivity index (χ4n) is 1.71. The molecule has 1 amide bonds. The molecule has 5 heteroatoms. The maximum Gasteiger partial charge on any atom is 0.220 e. The van der Waals surface area contributed by atoms with Crippen LogP contribution in [0.1, 0.15) is 26.7 Å². The monoisotopic (exact) mass is 308 g/mol. The van der Waals surface area contributed by atoms with Crippen molar-refractivity contribution in [3.63, 3.8) is 0 Å². The highest BCUT2D eigenvalue weighted by atomic mass is 32.2. The number of amides is 1. The first-order chi connectivity index (χ1) is 9.65. The van der Waals surface area contributed by atoms with Crippen molar-refractivity contribution >= 4 is 39.2 Å². The predicted octanol–water partition coefficient (Wildman–Crippen LogP) is 3.94. The zero-order valence-electron chi connectivity index (χ0n) is 11.9. The maximum atomic E-state index is 11.6. The molecule has 2 rings (SSSR count). The van der Waals surface area contributed by atoms with Gasteiger partial charge in [-0.3, -0.25) is 4.79 Å². The van der Waals surface area contributed by atoms with Gasteiger partial charge in [-0.1, -0.05) is 37.7 Å². The lowest BCUT2D eigenvalue weighted by molar-refractivity contribution is -0.121. The number of hydrogen-bond donors (Lipinski definition) is 1. The number of aromatic nitrogens is 1. The van der Waals surface area contributed by atoms with Gasteiger partial charge in [0.05, 0.1) is 10.2 Å². The van der Waals surface area contributed by atoms with Gasteiger partial charge in [-0.15, -0.1) is 11.3 Å². The van der Waals surface area contributed by atoms with Crippen LogP contribution in [0.4, 0.5) is 0 Å². The summed E-state index contributed by atoms with van der Waals surface area (Å²) in [6.45, 7) is 4.97. The number of hydrogen-bond acceptors (Lipinski definition) is 4. The van der Waals surface area contributed by atoms with Gasteiger partial charge in [0, 0.05) is 18.7 Å². The van der Waals surface area contributed by atoms with Gasteiger partial charge in [-0.2, -0.15) is 0 Å². The zero-order valence-corrected chi connectivity index (χ0v) is 13.5. The molecule has 1 N–H and O–H groups in total. The first-order valence-corrected chi connectivity index (χ1v) is 8.70. The van der Waals surface area contributed by atoms with Gasteiger partial charge in [0.15, 0.2) is 4.34 Å². The topological polar surface area (TPSA) is 42.0 Å². The SMILES string of the molecule is CC(C)CNC(=O)CCCSc1nc2ccccc2s1. The molecule has 0 radical (unpaired) electrons. The van der Waals surface area contributed by atoms with E-state index in [0.717, 1.165) is 28.6 Å². The molecule has 0 unspecified atom stereocenters. The summed E-state index contributed by atoms with van der Waals surface area (Å²) in [6.07, 6.45) is 1.50. The summed E-state index contributed by atoms with van der Waals surface area (Å²) in [4.78, 5) is 16.1. The molecule has 0 aliphatic rings. The van der Waals surface area contributed by atoms with Crippen LogP contribution in [0.3, 0.4) is 0 Å². The summed E-state index contributed by atoms with van der Waals surface area (Å²) < 4.78 is 2.32. The normalized spacial score (nSPS) is 11.2. The molecule has 0 saturated heterocycles. The molecule has 0 fully saturated rings. The number of thioether (sulfide) groups is 1. The maximum absolute atomic E-state index is 11.6. The Labute approximate surface area is 128 Å². The molecule has 0 bridgehead atoms. The van der Waals surface area contributed by atoms with Crippen LogP contribution >= 0.6 is 23.1 Å². The van der Waals surface area contributed by atoms with E-state index in [1.165, 1.54) is 4.70 Å². The van der Waals surface area contributed by atoms with Gasteiger partial charge in [0.1, 0.15) is 0 Å². The Hall–Kier alpha value is -1.07. The van der Waals surface area contributed by atoms with Gasteiger partial charge in [-0.05, 0) is 24.5 Å². The van der Waals surface area contributed by atoms with Crippen LogP contribution in [0.25, 0.3) is 10.2 Å². The van der Waals surface area contributed by atoms with Crippen LogP contribution < -0.4 is 5.32 Å². The number of nitrogens with one attached hydrogen (secondary N) is 1. The van der Waals surface area contributed by atoms with Gasteiger partial charge in [0.25, 0.3) is 0 Å². The van der Waals surface area contributed by atoms with Crippen LogP contribution in [-0.2, 0) is 4.79 Å². The second-order valence-electron chi connectivity index (χ2n) is 5.10. The third kappa shape index (κ3) is 4.80. The highest BCUT2D eigenvalue weighted by Gasteiger charge is 2.05. The van der Waals surface area contributed by atoms with Crippen molar-refractivity contribution in [2.75, 3.05) is 12.3 Å². The Morgan fingerprint density at radius 3 is 2.95 bits per heavy atom. The lowest BCUT2D eigenvalue weighted by atomic mass is 10.2. The Balaban J connectivity index is 1.69. The molecular formula is C15H20N2OS2. The van der Waals surface area contributed by atoms with Crippen LogP contribution in [0, 0.1) is 5.92 Å². The second-order valence-corrected chi connectivity index (χ2v) is 7.47. The van der Waals surface area contributed by atoms with E-state index in [0.29, 0.717) is 12.3 Å². The molecule has 0 atom stereocenters. The third-order valence-electron chi connectivity index (χ3n) is 2.76. The number of rotatable bonds is 7. The Kier molecular flexibility index (Phi) is 5.86. The van der Waals surface area contributed by atoms with E-state index < -0.39 is 0 Å². The number of fused-ring (bicyclic) bond motifs is 1.